The van der Waals surface area contributed by atoms with Crippen molar-refractivity contribution in [2.45, 2.75) is 44.7 Å². The minimum absolute atomic E-state index is 0.585. The van der Waals surface area contributed by atoms with E-state index in [0.29, 0.717) is 6.04 Å². The summed E-state index contributed by atoms with van der Waals surface area (Å²) in [6, 6.07) is 16.7. The fourth-order valence-electron chi connectivity index (χ4n) is 5.54. The van der Waals surface area contributed by atoms with Gasteiger partial charge in [0.1, 0.15) is 0 Å². The van der Waals surface area contributed by atoms with Crippen molar-refractivity contribution < 1.29 is 0 Å². The third kappa shape index (κ3) is 2.50. The van der Waals surface area contributed by atoms with Crippen molar-refractivity contribution in [1.29, 1.82) is 0 Å². The molecule has 2 heteroatoms. The first kappa shape index (κ1) is 16.8. The largest absolute Gasteiger partial charge is 0.346 e. The second kappa shape index (κ2) is 6.10. The van der Waals surface area contributed by atoms with Gasteiger partial charge in [-0.25, -0.2) is 0 Å². The van der Waals surface area contributed by atoms with Crippen molar-refractivity contribution in [2.24, 2.45) is 7.05 Å². The Balaban J connectivity index is 1.65. The highest BCUT2D eigenvalue weighted by Crippen LogP contribution is 2.46. The van der Waals surface area contributed by atoms with Crippen LogP contribution < -0.4 is 0 Å². The van der Waals surface area contributed by atoms with Crippen LogP contribution in [0.25, 0.3) is 16.5 Å². The third-order valence-corrected chi connectivity index (χ3v) is 6.85. The van der Waals surface area contributed by atoms with E-state index in [1.165, 1.54) is 52.4 Å². The van der Waals surface area contributed by atoms with Crippen molar-refractivity contribution in [3.63, 3.8) is 0 Å². The lowest BCUT2D eigenvalue weighted by Gasteiger charge is -2.32. The predicted molar refractivity (Wildman–Crippen MR) is 114 cm³/mol. The molecule has 0 radical (unpaired) electrons. The Bertz CT molecular complexity index is 1040. The van der Waals surface area contributed by atoms with Crippen molar-refractivity contribution in [3.8, 4) is 0 Å². The molecule has 3 heterocycles. The molecule has 2 nitrogen and oxygen atoms in total. The van der Waals surface area contributed by atoms with Crippen LogP contribution in [0, 0.1) is 6.92 Å². The first-order valence-corrected chi connectivity index (χ1v) is 10.1. The van der Waals surface area contributed by atoms with Gasteiger partial charge in [-0.05, 0) is 68.0 Å². The Morgan fingerprint density at radius 1 is 1.11 bits per heavy atom. The summed E-state index contributed by atoms with van der Waals surface area (Å²) in [5.41, 5.74) is 9.79. The van der Waals surface area contributed by atoms with Gasteiger partial charge in [0, 0.05) is 24.2 Å². The number of hydrogen-bond acceptors (Lipinski definition) is 1. The lowest BCUT2D eigenvalue weighted by Crippen LogP contribution is -2.34. The highest BCUT2D eigenvalue weighted by Gasteiger charge is 2.40. The molecule has 1 fully saturated rings. The lowest BCUT2D eigenvalue weighted by molar-refractivity contribution is 0.218. The summed E-state index contributed by atoms with van der Waals surface area (Å²) in [5.74, 6) is 0. The van der Waals surface area contributed by atoms with E-state index in [-0.39, 0.29) is 0 Å². The molecule has 2 aliphatic rings. The molecular formula is C25H28N2. The van der Waals surface area contributed by atoms with Gasteiger partial charge in [0.05, 0.1) is 11.6 Å². The van der Waals surface area contributed by atoms with Crippen LogP contribution in [0.1, 0.15) is 46.8 Å². The topological polar surface area (TPSA) is 8.17 Å². The van der Waals surface area contributed by atoms with Gasteiger partial charge in [0.15, 0.2) is 0 Å². The number of likely N-dealkylation sites (N-methyl/N-ethyl adjacent to an activating group) is 1. The van der Waals surface area contributed by atoms with Gasteiger partial charge in [0.2, 0.25) is 0 Å². The van der Waals surface area contributed by atoms with Gasteiger partial charge in [0.25, 0.3) is 0 Å². The fourth-order valence-corrected chi connectivity index (χ4v) is 5.54. The zero-order valence-electron chi connectivity index (χ0n) is 16.6. The second-order valence-electron chi connectivity index (χ2n) is 8.51. The molecule has 0 spiro atoms. The molecule has 27 heavy (non-hydrogen) atoms. The molecule has 0 saturated carbocycles. The Hall–Kier alpha value is -2.32. The number of nitrogens with zero attached hydrogens (tertiary/aromatic N) is 2. The molecule has 3 aromatic rings. The maximum absolute atomic E-state index is 4.40. The number of benzene rings is 2. The quantitative estimate of drug-likeness (QED) is 0.607. The van der Waals surface area contributed by atoms with Gasteiger partial charge in [-0.2, -0.15) is 0 Å². The summed E-state index contributed by atoms with van der Waals surface area (Å²) in [7, 11) is 4.59. The maximum atomic E-state index is 4.40. The van der Waals surface area contributed by atoms with E-state index in [2.05, 4.69) is 79.5 Å². The smallest absolute Gasteiger partial charge is 0.0519 e. The first-order valence-electron chi connectivity index (χ1n) is 10.1. The van der Waals surface area contributed by atoms with E-state index < -0.39 is 0 Å². The molecule has 2 atom stereocenters. The molecule has 0 amide bonds. The Morgan fingerprint density at radius 2 is 1.89 bits per heavy atom. The van der Waals surface area contributed by atoms with Crippen LogP contribution in [0.4, 0.5) is 0 Å². The van der Waals surface area contributed by atoms with E-state index in [0.717, 1.165) is 12.5 Å². The van der Waals surface area contributed by atoms with Gasteiger partial charge < -0.3 is 4.57 Å². The number of aromatic nitrogens is 1. The highest BCUT2D eigenvalue weighted by atomic mass is 15.2. The summed E-state index contributed by atoms with van der Waals surface area (Å²) in [5, 5.41) is 1.48. The molecule has 2 aliphatic heterocycles. The molecular weight excluding hydrogens is 328 g/mol. The third-order valence-electron chi connectivity index (χ3n) is 6.85. The van der Waals surface area contributed by atoms with Crippen LogP contribution in [0.5, 0.6) is 0 Å². The highest BCUT2D eigenvalue weighted by molar-refractivity contribution is 5.91. The molecule has 2 bridgehead atoms. The van der Waals surface area contributed by atoms with Crippen molar-refractivity contribution in [1.82, 2.24) is 9.47 Å². The Kier molecular flexibility index (Phi) is 3.80. The minimum atomic E-state index is 0.585. The number of aryl methyl sites for hydroxylation is 2. The molecule has 5 rings (SSSR count). The molecule has 1 saturated heterocycles. The molecule has 138 valence electrons. The maximum Gasteiger partial charge on any atom is 0.0519 e. The zero-order valence-corrected chi connectivity index (χ0v) is 16.6. The summed E-state index contributed by atoms with van der Waals surface area (Å²) < 4.78 is 2.50. The molecule has 0 aliphatic carbocycles. The first-order chi connectivity index (χ1) is 13.0. The summed E-state index contributed by atoms with van der Waals surface area (Å²) >= 11 is 0. The molecule has 2 aromatic carbocycles. The van der Waals surface area contributed by atoms with Crippen molar-refractivity contribution in [3.05, 3.63) is 77.0 Å². The normalized spacial score (nSPS) is 21.6. The van der Waals surface area contributed by atoms with E-state index >= 15 is 0 Å². The van der Waals surface area contributed by atoms with E-state index in [9.17, 15) is 0 Å². The van der Waals surface area contributed by atoms with Crippen LogP contribution in [0.15, 0.2) is 49.0 Å². The standard InChI is InChI=1S/C25H28N2/c1-16-12-19(14-17(2)18-8-6-5-7-9-18)24-21(13-16)22-15-20-10-11-23(26(20)3)25(22)27(24)4/h5-9,12-13,20,23H,2,10-11,14-15H2,1,3-4H3. The number of rotatable bonds is 3. The van der Waals surface area contributed by atoms with Gasteiger partial charge in [-0.3, -0.25) is 4.90 Å². The van der Waals surface area contributed by atoms with E-state index in [1.807, 2.05) is 0 Å². The van der Waals surface area contributed by atoms with Crippen molar-refractivity contribution in [2.75, 3.05) is 7.05 Å². The lowest BCUT2D eigenvalue weighted by atomic mass is 9.93. The van der Waals surface area contributed by atoms with Crippen LogP contribution in [0.2, 0.25) is 0 Å². The number of hydrogen-bond donors (Lipinski definition) is 0. The van der Waals surface area contributed by atoms with Crippen LogP contribution in [0.3, 0.4) is 0 Å². The average molecular weight is 357 g/mol. The fraction of sp³-hybridized carbons (Fsp3) is 0.360. The summed E-state index contributed by atoms with van der Waals surface area (Å²) in [6.07, 6.45) is 4.73. The Labute approximate surface area is 162 Å². The van der Waals surface area contributed by atoms with Crippen LogP contribution in [-0.4, -0.2) is 22.6 Å². The van der Waals surface area contributed by atoms with E-state index in [4.69, 9.17) is 0 Å². The van der Waals surface area contributed by atoms with E-state index in [1.54, 1.807) is 11.3 Å². The SMILES string of the molecule is C=C(Cc1cc(C)cc2c3c(n(C)c12)C1CCC(C3)N1C)c1ccccc1. The summed E-state index contributed by atoms with van der Waals surface area (Å²) in [6.45, 7) is 6.63. The molecule has 0 N–H and O–H groups in total. The van der Waals surface area contributed by atoms with Gasteiger partial charge >= 0.3 is 0 Å². The average Bonchev–Trinajstić information content (AvgIpc) is 3.06. The van der Waals surface area contributed by atoms with Gasteiger partial charge in [-0.15, -0.1) is 0 Å². The van der Waals surface area contributed by atoms with Crippen LogP contribution >= 0.6 is 0 Å². The molecule has 1 aromatic heterocycles. The summed E-state index contributed by atoms with van der Waals surface area (Å²) in [4.78, 5) is 2.61. The second-order valence-corrected chi connectivity index (χ2v) is 8.51. The van der Waals surface area contributed by atoms with Crippen LogP contribution in [-0.2, 0) is 19.9 Å². The predicted octanol–water partition coefficient (Wildman–Crippen LogP) is 5.43. The number of fused-ring (bicyclic) bond motifs is 6. The number of allylic oxidation sites excluding steroid dienone is 1. The van der Waals surface area contributed by atoms with Gasteiger partial charge in [-0.1, -0.05) is 48.5 Å². The molecule has 2 unspecified atom stereocenters. The van der Waals surface area contributed by atoms with Crippen molar-refractivity contribution >= 4 is 16.5 Å². The minimum Gasteiger partial charge on any atom is -0.346 e. The monoisotopic (exact) mass is 356 g/mol. The Morgan fingerprint density at radius 3 is 2.67 bits per heavy atom. The zero-order chi connectivity index (χ0) is 18.7.